The molecule has 2 aromatic rings. The molecule has 162 valence electrons. The minimum atomic E-state index is -0.286. The number of aliphatic imine (C=N–C) groups is 1. The van der Waals surface area contributed by atoms with Crippen LogP contribution >= 0.6 is 0 Å². The summed E-state index contributed by atoms with van der Waals surface area (Å²) >= 11 is 0. The fourth-order valence-electron chi connectivity index (χ4n) is 3.30. The first kappa shape index (κ1) is 27.3. The Bertz CT molecular complexity index is 857. The van der Waals surface area contributed by atoms with Crippen LogP contribution in [0.15, 0.2) is 35.3 Å². The number of aryl methyl sites for hydroxylation is 2. The van der Waals surface area contributed by atoms with E-state index in [1.165, 1.54) is 11.1 Å². The fraction of sp³-hybridized carbons (Fsp3) is 0.435. The number of fused-ring (bicyclic) bond motifs is 1. The maximum Gasteiger partial charge on any atom is 0.142 e. The molecule has 0 unspecified atom stereocenters. The monoisotopic (exact) mass is 575 g/mol. The van der Waals surface area contributed by atoms with Gasteiger partial charge >= 0.3 is 0 Å². The van der Waals surface area contributed by atoms with E-state index in [4.69, 9.17) is 21.9 Å². The van der Waals surface area contributed by atoms with Crippen molar-refractivity contribution in [3.05, 3.63) is 52.6 Å². The molecule has 29 heavy (non-hydrogen) atoms. The minimum Gasteiger partial charge on any atom is -0.495 e. The second-order valence-corrected chi connectivity index (χ2v) is 8.24. The molecule has 4 nitrogen and oxygen atoms in total. The number of rotatable bonds is 2. The number of methoxy groups -OCH3 is 1. The molecular weight excluding hydrogens is 539 g/mol. The Kier molecular flexibility index (Phi) is 9.75. The zero-order chi connectivity index (χ0) is 20.4. The van der Waals surface area contributed by atoms with Crippen molar-refractivity contribution in [1.29, 1.82) is 0 Å². The van der Waals surface area contributed by atoms with Crippen LogP contribution in [0.4, 0.5) is 16.1 Å². The van der Waals surface area contributed by atoms with E-state index in [1.54, 1.807) is 7.11 Å². The summed E-state index contributed by atoms with van der Waals surface area (Å²) < 4.78 is 11.2. The van der Waals surface area contributed by atoms with Gasteiger partial charge in [0.2, 0.25) is 0 Å². The molecule has 0 saturated carbocycles. The van der Waals surface area contributed by atoms with E-state index in [-0.39, 0.29) is 38.2 Å². The number of nitrogen functional groups attached to an aromatic ring is 1. The molecule has 0 fully saturated rings. The zero-order valence-electron chi connectivity index (χ0n) is 18.3. The Hall–Kier alpha value is -1.71. The second kappa shape index (κ2) is 10.4. The van der Waals surface area contributed by atoms with Gasteiger partial charge in [-0.2, -0.15) is 6.72 Å². The molecular formula is C23H34FN2O2W-. The number of ether oxygens (including phenoxy) is 2. The molecule has 1 heterocycles. The number of hydrogen-bond acceptors (Lipinski definition) is 4. The Balaban J connectivity index is 0. The van der Waals surface area contributed by atoms with Gasteiger partial charge in [0.15, 0.2) is 0 Å². The summed E-state index contributed by atoms with van der Waals surface area (Å²) in [5.74, 6) is 0.745. The van der Waals surface area contributed by atoms with Gasteiger partial charge in [0.1, 0.15) is 5.75 Å². The average molecular weight is 575 g/mol. The van der Waals surface area contributed by atoms with E-state index in [1.807, 2.05) is 32.0 Å². The topological polar surface area (TPSA) is 56.8 Å². The molecule has 0 amide bonds. The number of nitrogens with two attached hydrogens (primary N) is 1. The van der Waals surface area contributed by atoms with E-state index in [0.717, 1.165) is 22.6 Å². The van der Waals surface area contributed by atoms with Crippen molar-refractivity contribution in [1.82, 2.24) is 0 Å². The molecule has 0 atom stereocenters. The first-order valence-corrected chi connectivity index (χ1v) is 9.12. The molecule has 6 heteroatoms. The van der Waals surface area contributed by atoms with Crippen LogP contribution in [0.5, 0.6) is 5.75 Å². The van der Waals surface area contributed by atoms with Crippen LogP contribution in [0.2, 0.25) is 0 Å². The molecule has 0 bridgehead atoms. The van der Waals surface area contributed by atoms with Crippen molar-refractivity contribution in [2.24, 2.45) is 4.99 Å². The number of nitrogens with zero attached hydrogens (tertiary/aromatic N) is 1. The molecule has 0 aromatic heterocycles. The molecule has 0 spiro atoms. The predicted octanol–water partition coefficient (Wildman–Crippen LogP) is 5.73. The van der Waals surface area contributed by atoms with Crippen LogP contribution in [0, 0.1) is 13.8 Å². The van der Waals surface area contributed by atoms with Gasteiger partial charge in [0.05, 0.1) is 25.0 Å². The Labute approximate surface area is 190 Å². The Morgan fingerprint density at radius 3 is 2.24 bits per heavy atom. The molecule has 2 aromatic carbocycles. The number of benzene rings is 2. The third kappa shape index (κ3) is 6.13. The van der Waals surface area contributed by atoms with Gasteiger partial charge in [-0.3, -0.25) is 4.70 Å². The number of hydrogen-bond donors (Lipinski definition) is 1. The van der Waals surface area contributed by atoms with Crippen molar-refractivity contribution in [2.75, 3.05) is 19.5 Å². The normalized spacial score (nSPS) is 15.4. The summed E-state index contributed by atoms with van der Waals surface area (Å²) in [4.78, 5) is 3.61. The van der Waals surface area contributed by atoms with Crippen molar-refractivity contribution < 1.29 is 36.7 Å². The molecule has 2 N–H and O–H groups in total. The van der Waals surface area contributed by atoms with Gasteiger partial charge in [0, 0.05) is 27.9 Å². The van der Waals surface area contributed by atoms with Gasteiger partial charge < -0.3 is 20.2 Å². The van der Waals surface area contributed by atoms with Crippen LogP contribution < -0.4 is 10.5 Å². The summed E-state index contributed by atoms with van der Waals surface area (Å²) in [6.07, 6.45) is 0. The van der Waals surface area contributed by atoms with Crippen molar-refractivity contribution in [2.45, 2.75) is 52.6 Å². The molecule has 0 radical (unpaired) electrons. The van der Waals surface area contributed by atoms with Crippen molar-refractivity contribution in [3.8, 4) is 5.75 Å². The largest absolute Gasteiger partial charge is 0.495 e. The van der Waals surface area contributed by atoms with Crippen molar-refractivity contribution in [3.63, 3.8) is 0 Å². The van der Waals surface area contributed by atoms with Gasteiger partial charge in [-0.15, -0.1) is 11.6 Å². The standard InChI is InChI=1S/C14H21NO2.C9H10N.FH.W.H2/c1-13(2)8-17-14(3,4)10-6-11(15)12(16-5)7-9(10)13;1-7-4-5-9(10-3)8(2)6-7;;;/h6-7H,8,15H2,1-5H3;3-6H,1-2H3;1H;;1H/q;-1;;;/i;;;;1+2. The van der Waals surface area contributed by atoms with Gasteiger partial charge in [0.25, 0.3) is 0 Å². The first-order chi connectivity index (χ1) is 12.5. The molecule has 1 aliphatic rings. The van der Waals surface area contributed by atoms with E-state index in [9.17, 15) is 0 Å². The average Bonchev–Trinajstić information content (AvgIpc) is 2.59. The zero-order valence-corrected chi connectivity index (χ0v) is 21.3. The smallest absolute Gasteiger partial charge is 0.142 e. The number of anilines is 1. The third-order valence-electron chi connectivity index (χ3n) is 5.03. The summed E-state index contributed by atoms with van der Waals surface area (Å²) in [7, 11) is 1.65. The van der Waals surface area contributed by atoms with Crippen LogP contribution in [0.25, 0.3) is 0 Å². The van der Waals surface area contributed by atoms with Crippen LogP contribution in [0.3, 0.4) is 0 Å². The third-order valence-corrected chi connectivity index (χ3v) is 5.03. The van der Waals surface area contributed by atoms with E-state index >= 15 is 0 Å². The quantitative estimate of drug-likeness (QED) is 0.283. The summed E-state index contributed by atoms with van der Waals surface area (Å²) in [6.45, 7) is 18.4. The fourth-order valence-corrected chi connectivity index (χ4v) is 3.30. The Morgan fingerprint density at radius 2 is 1.72 bits per heavy atom. The first-order valence-electron chi connectivity index (χ1n) is 9.12. The van der Waals surface area contributed by atoms with E-state index in [0.29, 0.717) is 12.3 Å². The maximum atomic E-state index is 5.98. The molecule has 0 saturated heterocycles. The predicted molar refractivity (Wildman–Crippen MR) is 118 cm³/mol. The summed E-state index contributed by atoms with van der Waals surface area (Å²) in [6, 6.07) is 10.0. The summed E-state index contributed by atoms with van der Waals surface area (Å²) in [5, 5.41) is 0. The molecule has 1 aliphatic heterocycles. The van der Waals surface area contributed by atoms with Gasteiger partial charge in [-0.05, 0) is 44.0 Å². The van der Waals surface area contributed by atoms with Gasteiger partial charge in [-0.25, -0.2) is 0 Å². The SMILES string of the molecule is COc1cc2c(cc1N)C(C)(C)OCC2(C)C.F.[3HH].[CH-]=Nc1ccc(C)cc1C.[W]. The van der Waals surface area contributed by atoms with Gasteiger partial charge in [-0.1, -0.05) is 44.2 Å². The molecule has 3 rings (SSSR count). The van der Waals surface area contributed by atoms with Crippen LogP contribution in [0.1, 0.15) is 51.4 Å². The number of halogens is 1. The minimum absolute atomic E-state index is 0. The van der Waals surface area contributed by atoms with Crippen LogP contribution in [-0.2, 0) is 36.8 Å². The van der Waals surface area contributed by atoms with E-state index < -0.39 is 0 Å². The van der Waals surface area contributed by atoms with Crippen molar-refractivity contribution >= 4 is 18.1 Å². The van der Waals surface area contributed by atoms with E-state index in [2.05, 4.69) is 44.8 Å². The Morgan fingerprint density at radius 1 is 1.10 bits per heavy atom. The summed E-state index contributed by atoms with van der Waals surface area (Å²) in [5.41, 5.74) is 12.0. The maximum absolute atomic E-state index is 5.98. The molecule has 0 aliphatic carbocycles. The second-order valence-electron chi connectivity index (χ2n) is 8.24. The van der Waals surface area contributed by atoms with Crippen LogP contribution in [-0.4, -0.2) is 20.4 Å².